The SMILES string of the molecule is CCCCCCCCCCCCCCCCCC(=O)OCC(COC(=O)C(OC(C)=O)C(OC(C)=O)C(=O)O)OC(=O)CCCCCCCCCCCCCCCCC. The first-order valence-corrected chi connectivity index (χ1v) is 23.6. The fourth-order valence-electron chi connectivity index (χ4n) is 6.99. The van der Waals surface area contributed by atoms with E-state index in [2.05, 4.69) is 13.8 Å². The van der Waals surface area contributed by atoms with Crippen LogP contribution in [0.25, 0.3) is 0 Å². The Kier molecular flexibility index (Phi) is 38.1. The van der Waals surface area contributed by atoms with Crippen molar-refractivity contribution in [2.24, 2.45) is 0 Å². The van der Waals surface area contributed by atoms with E-state index in [4.69, 9.17) is 23.7 Å². The maximum Gasteiger partial charge on any atom is 0.352 e. The summed E-state index contributed by atoms with van der Waals surface area (Å²) in [5.41, 5.74) is 0. The van der Waals surface area contributed by atoms with E-state index in [1.165, 1.54) is 141 Å². The fourth-order valence-corrected chi connectivity index (χ4v) is 6.99. The summed E-state index contributed by atoms with van der Waals surface area (Å²) < 4.78 is 25.7. The van der Waals surface area contributed by atoms with Gasteiger partial charge >= 0.3 is 35.8 Å². The molecule has 0 spiro atoms. The van der Waals surface area contributed by atoms with Crippen LogP contribution < -0.4 is 0 Å². The Morgan fingerprint density at radius 2 is 0.695 bits per heavy atom. The maximum absolute atomic E-state index is 12.9. The highest BCUT2D eigenvalue weighted by atomic mass is 16.6. The van der Waals surface area contributed by atoms with Gasteiger partial charge in [0.15, 0.2) is 6.10 Å². The van der Waals surface area contributed by atoms with E-state index in [0.717, 1.165) is 52.4 Å². The molecule has 0 aliphatic heterocycles. The summed E-state index contributed by atoms with van der Waals surface area (Å²) >= 11 is 0. The molecular weight excluding hydrogens is 757 g/mol. The van der Waals surface area contributed by atoms with E-state index in [-0.39, 0.29) is 19.4 Å². The van der Waals surface area contributed by atoms with E-state index in [0.29, 0.717) is 12.8 Å². The second-order valence-electron chi connectivity index (χ2n) is 16.2. The number of rotatable bonds is 42. The zero-order chi connectivity index (χ0) is 43.8. The molecule has 0 aromatic rings. The molecule has 0 saturated carbocycles. The second kappa shape index (κ2) is 40.2. The lowest BCUT2D eigenvalue weighted by atomic mass is 10.0. The normalized spacial score (nSPS) is 12.6. The molecule has 0 rings (SSSR count). The molecule has 59 heavy (non-hydrogen) atoms. The molecule has 344 valence electrons. The van der Waals surface area contributed by atoms with Gasteiger partial charge in [-0.25, -0.2) is 9.59 Å². The van der Waals surface area contributed by atoms with E-state index >= 15 is 0 Å². The van der Waals surface area contributed by atoms with Gasteiger partial charge in [-0.2, -0.15) is 0 Å². The summed E-state index contributed by atoms with van der Waals surface area (Å²) in [7, 11) is 0. The van der Waals surface area contributed by atoms with Gasteiger partial charge in [-0.3, -0.25) is 19.2 Å². The van der Waals surface area contributed by atoms with Crippen molar-refractivity contribution < 1.29 is 57.6 Å². The lowest BCUT2D eigenvalue weighted by molar-refractivity contribution is -0.191. The molecule has 0 bridgehead atoms. The molecule has 3 unspecified atom stereocenters. The van der Waals surface area contributed by atoms with E-state index in [9.17, 15) is 33.9 Å². The summed E-state index contributed by atoms with van der Waals surface area (Å²) in [4.78, 5) is 73.2. The Morgan fingerprint density at radius 1 is 0.390 bits per heavy atom. The van der Waals surface area contributed by atoms with Crippen LogP contribution in [0.3, 0.4) is 0 Å². The smallest absolute Gasteiger partial charge is 0.352 e. The molecule has 0 radical (unpaired) electrons. The number of unbranched alkanes of at least 4 members (excludes halogenated alkanes) is 28. The van der Waals surface area contributed by atoms with E-state index in [1.807, 2.05) is 0 Å². The molecule has 0 aliphatic carbocycles. The lowest BCUT2D eigenvalue weighted by Crippen LogP contribution is -2.47. The van der Waals surface area contributed by atoms with Crippen molar-refractivity contribution in [1.29, 1.82) is 0 Å². The van der Waals surface area contributed by atoms with Crippen LogP contribution in [0.2, 0.25) is 0 Å². The fraction of sp³-hybridized carbons (Fsp3) is 0.872. The second-order valence-corrected chi connectivity index (χ2v) is 16.2. The number of ether oxygens (including phenoxy) is 5. The number of carbonyl (C=O) groups is 6. The molecule has 0 aliphatic rings. The van der Waals surface area contributed by atoms with Crippen LogP contribution in [0, 0.1) is 0 Å². The third kappa shape index (κ3) is 36.4. The summed E-state index contributed by atoms with van der Waals surface area (Å²) in [5.74, 6) is -6.13. The first-order valence-electron chi connectivity index (χ1n) is 23.6. The molecule has 0 heterocycles. The lowest BCUT2D eigenvalue weighted by Gasteiger charge is -2.23. The summed E-state index contributed by atoms with van der Waals surface area (Å²) in [6, 6.07) is 0. The largest absolute Gasteiger partial charge is 0.478 e. The van der Waals surface area contributed by atoms with Gasteiger partial charge in [0.25, 0.3) is 0 Å². The number of aliphatic carboxylic acids is 1. The minimum atomic E-state index is -2.16. The monoisotopic (exact) mass is 841 g/mol. The van der Waals surface area contributed by atoms with Gasteiger partial charge in [0.2, 0.25) is 12.2 Å². The first-order chi connectivity index (χ1) is 28.5. The predicted octanol–water partition coefficient (Wildman–Crippen LogP) is 11.5. The number of hydrogen-bond donors (Lipinski definition) is 1. The average Bonchev–Trinajstić information content (AvgIpc) is 3.19. The standard InChI is InChI=1S/C47H84O12/c1-5-7-9-11-13-15-17-19-21-23-25-27-29-31-33-35-42(50)55-37-41(38-56-47(54)45(58-40(4)49)44(46(52)53)57-39(3)48)59-43(51)36-34-32-30-28-26-24-22-20-18-16-14-12-10-8-6-2/h41,44-45H,5-38H2,1-4H3,(H,52,53). The molecule has 0 fully saturated rings. The molecule has 12 heteroatoms. The van der Waals surface area contributed by atoms with E-state index < -0.39 is 60.7 Å². The topological polar surface area (TPSA) is 169 Å². The van der Waals surface area contributed by atoms with Crippen LogP contribution in [-0.4, -0.2) is 72.4 Å². The third-order valence-corrected chi connectivity index (χ3v) is 10.4. The van der Waals surface area contributed by atoms with Gasteiger partial charge in [0.1, 0.15) is 13.2 Å². The van der Waals surface area contributed by atoms with Crippen molar-refractivity contribution in [1.82, 2.24) is 0 Å². The van der Waals surface area contributed by atoms with Crippen LogP contribution in [0.15, 0.2) is 0 Å². The van der Waals surface area contributed by atoms with Crippen LogP contribution >= 0.6 is 0 Å². The molecular formula is C47H84O12. The van der Waals surface area contributed by atoms with E-state index in [1.54, 1.807) is 0 Å². The van der Waals surface area contributed by atoms with Gasteiger partial charge in [0, 0.05) is 26.7 Å². The van der Waals surface area contributed by atoms with Crippen molar-refractivity contribution in [3.05, 3.63) is 0 Å². The Hall–Kier alpha value is -3.18. The van der Waals surface area contributed by atoms with Gasteiger partial charge in [-0.05, 0) is 12.8 Å². The summed E-state index contributed by atoms with van der Waals surface area (Å²) in [5, 5.41) is 9.53. The number of carboxylic acid groups (broad SMARTS) is 1. The first kappa shape index (κ1) is 55.8. The van der Waals surface area contributed by atoms with Crippen molar-refractivity contribution >= 4 is 35.8 Å². The van der Waals surface area contributed by atoms with Crippen molar-refractivity contribution in [3.63, 3.8) is 0 Å². The van der Waals surface area contributed by atoms with Crippen molar-refractivity contribution in [2.45, 2.75) is 251 Å². The molecule has 12 nitrogen and oxygen atoms in total. The van der Waals surface area contributed by atoms with Crippen LogP contribution in [0.5, 0.6) is 0 Å². The highest BCUT2D eigenvalue weighted by molar-refractivity contribution is 5.88. The Bertz CT molecular complexity index is 1090. The zero-order valence-electron chi connectivity index (χ0n) is 37.7. The van der Waals surface area contributed by atoms with Gasteiger partial charge in [-0.1, -0.05) is 194 Å². The van der Waals surface area contributed by atoms with Crippen LogP contribution in [0.4, 0.5) is 0 Å². The quantitative estimate of drug-likeness (QED) is 0.0351. The zero-order valence-corrected chi connectivity index (χ0v) is 37.7. The van der Waals surface area contributed by atoms with Crippen molar-refractivity contribution in [3.8, 4) is 0 Å². The Labute approximate surface area is 357 Å². The number of esters is 5. The van der Waals surface area contributed by atoms with Crippen molar-refractivity contribution in [2.75, 3.05) is 13.2 Å². The molecule has 0 aromatic heterocycles. The third-order valence-electron chi connectivity index (χ3n) is 10.4. The molecule has 0 amide bonds. The van der Waals surface area contributed by atoms with Crippen LogP contribution in [-0.2, 0) is 52.5 Å². The van der Waals surface area contributed by atoms with Gasteiger partial charge < -0.3 is 28.8 Å². The minimum Gasteiger partial charge on any atom is -0.478 e. The predicted molar refractivity (Wildman–Crippen MR) is 230 cm³/mol. The van der Waals surface area contributed by atoms with Crippen LogP contribution in [0.1, 0.15) is 233 Å². The molecule has 1 N–H and O–H groups in total. The summed E-state index contributed by atoms with van der Waals surface area (Å²) in [6.07, 6.45) is 30.8. The number of carboxylic acids is 1. The number of hydrogen-bond acceptors (Lipinski definition) is 11. The highest BCUT2D eigenvalue weighted by Crippen LogP contribution is 2.17. The average molecular weight is 841 g/mol. The summed E-state index contributed by atoms with van der Waals surface area (Å²) in [6.45, 7) is 5.37. The van der Waals surface area contributed by atoms with Gasteiger partial charge in [-0.15, -0.1) is 0 Å². The minimum absolute atomic E-state index is 0.124. The molecule has 0 saturated heterocycles. The molecule has 3 atom stereocenters. The Balaban J connectivity index is 4.74. The highest BCUT2D eigenvalue weighted by Gasteiger charge is 2.41. The molecule has 0 aromatic carbocycles. The Morgan fingerprint density at radius 3 is 1.03 bits per heavy atom. The van der Waals surface area contributed by atoms with Gasteiger partial charge in [0.05, 0.1) is 0 Å². The maximum atomic E-state index is 12.9. The number of carbonyl (C=O) groups excluding carboxylic acids is 5.